The lowest BCUT2D eigenvalue weighted by Gasteiger charge is -2.04. The second-order valence-electron chi connectivity index (χ2n) is 4.28. The molecule has 6 heteroatoms. The summed E-state index contributed by atoms with van der Waals surface area (Å²) >= 11 is 0. The van der Waals surface area contributed by atoms with Crippen LogP contribution in [0.4, 0.5) is 5.95 Å². The molecule has 0 bridgehead atoms. The van der Waals surface area contributed by atoms with Gasteiger partial charge in [0.1, 0.15) is 11.3 Å². The van der Waals surface area contributed by atoms with Gasteiger partial charge in [0.15, 0.2) is 0 Å². The number of rotatable bonds is 3. The fraction of sp³-hybridized carbons (Fsp3) is 0.231. The van der Waals surface area contributed by atoms with E-state index in [4.69, 9.17) is 4.52 Å². The quantitative estimate of drug-likeness (QED) is 0.773. The molecule has 6 nitrogen and oxygen atoms in total. The van der Waals surface area contributed by atoms with E-state index in [1.807, 2.05) is 38.1 Å². The molecule has 0 aliphatic carbocycles. The maximum absolute atomic E-state index is 5.11. The molecule has 3 aromatic rings. The molecule has 96 valence electrons. The average Bonchev–Trinajstić information content (AvgIpc) is 2.76. The highest BCUT2D eigenvalue weighted by atomic mass is 16.5. The second-order valence-corrected chi connectivity index (χ2v) is 4.28. The van der Waals surface area contributed by atoms with Gasteiger partial charge in [0.25, 0.3) is 0 Å². The summed E-state index contributed by atoms with van der Waals surface area (Å²) in [5.74, 6) is 1.30. The van der Waals surface area contributed by atoms with Crippen molar-refractivity contribution in [2.24, 2.45) is 0 Å². The molecule has 19 heavy (non-hydrogen) atoms. The van der Waals surface area contributed by atoms with Crippen molar-refractivity contribution in [1.82, 2.24) is 20.3 Å². The van der Waals surface area contributed by atoms with Crippen molar-refractivity contribution < 1.29 is 4.52 Å². The normalized spacial score (nSPS) is 10.8. The number of anilines is 1. The van der Waals surface area contributed by atoms with Crippen LogP contribution < -0.4 is 5.32 Å². The number of para-hydroxylation sites is 1. The number of hydrogen-bond acceptors (Lipinski definition) is 6. The minimum Gasteiger partial charge on any atom is -0.361 e. The molecule has 0 atom stereocenters. The molecule has 2 aromatic heterocycles. The van der Waals surface area contributed by atoms with Crippen molar-refractivity contribution in [3.8, 4) is 0 Å². The Bertz CT molecular complexity index is 702. The van der Waals surface area contributed by atoms with Crippen molar-refractivity contribution in [1.29, 1.82) is 0 Å². The summed E-state index contributed by atoms with van der Waals surface area (Å²) in [6, 6.07) is 7.63. The minimum atomic E-state index is 0.499. The zero-order chi connectivity index (χ0) is 13.2. The first-order valence-corrected chi connectivity index (χ1v) is 5.99. The molecule has 0 fully saturated rings. The maximum Gasteiger partial charge on any atom is 0.243 e. The maximum atomic E-state index is 5.11. The van der Waals surface area contributed by atoms with Crippen LogP contribution >= 0.6 is 0 Å². The van der Waals surface area contributed by atoms with Gasteiger partial charge in [-0.1, -0.05) is 17.3 Å². The lowest BCUT2D eigenvalue weighted by molar-refractivity contribution is 0.392. The Kier molecular flexibility index (Phi) is 2.83. The third-order valence-electron chi connectivity index (χ3n) is 2.97. The van der Waals surface area contributed by atoms with Crippen LogP contribution in [-0.2, 0) is 6.54 Å². The number of nitrogens with one attached hydrogen (secondary N) is 1. The Balaban J connectivity index is 1.82. The summed E-state index contributed by atoms with van der Waals surface area (Å²) in [5.41, 5.74) is 3.50. The molecule has 0 saturated carbocycles. The van der Waals surface area contributed by atoms with Gasteiger partial charge in [-0.3, -0.25) is 0 Å². The molecule has 1 N–H and O–H groups in total. The summed E-state index contributed by atoms with van der Waals surface area (Å²) in [7, 11) is 0. The van der Waals surface area contributed by atoms with E-state index < -0.39 is 0 Å². The van der Waals surface area contributed by atoms with Crippen LogP contribution in [0.3, 0.4) is 0 Å². The van der Waals surface area contributed by atoms with E-state index in [-0.39, 0.29) is 0 Å². The van der Waals surface area contributed by atoms with Gasteiger partial charge >= 0.3 is 0 Å². The van der Waals surface area contributed by atoms with E-state index in [1.54, 1.807) is 0 Å². The first-order valence-electron chi connectivity index (χ1n) is 5.99. The number of benzene rings is 1. The van der Waals surface area contributed by atoms with Crippen LogP contribution in [0.5, 0.6) is 0 Å². The zero-order valence-corrected chi connectivity index (χ0v) is 10.7. The number of nitrogens with zero attached hydrogens (tertiary/aromatic N) is 4. The first kappa shape index (κ1) is 11.6. The predicted octanol–water partition coefficient (Wildman–Crippen LogP) is 2.24. The van der Waals surface area contributed by atoms with Crippen LogP contribution in [-0.4, -0.2) is 20.3 Å². The summed E-state index contributed by atoms with van der Waals surface area (Å²) in [4.78, 5) is 4.40. The van der Waals surface area contributed by atoms with Gasteiger partial charge in [-0.15, -0.1) is 10.2 Å². The Morgan fingerprint density at radius 2 is 1.89 bits per heavy atom. The van der Waals surface area contributed by atoms with Gasteiger partial charge in [-0.25, -0.2) is 4.98 Å². The summed E-state index contributed by atoms with van der Waals surface area (Å²) in [5, 5.41) is 15.2. The number of hydrogen-bond donors (Lipinski definition) is 1. The molecule has 0 amide bonds. The van der Waals surface area contributed by atoms with E-state index in [0.29, 0.717) is 12.5 Å². The van der Waals surface area contributed by atoms with Crippen molar-refractivity contribution in [2.75, 3.05) is 5.32 Å². The minimum absolute atomic E-state index is 0.499. The van der Waals surface area contributed by atoms with E-state index in [2.05, 4.69) is 25.7 Å². The van der Waals surface area contributed by atoms with Crippen molar-refractivity contribution >= 4 is 17.0 Å². The molecular formula is C13H13N5O. The Labute approximate surface area is 109 Å². The van der Waals surface area contributed by atoms with Gasteiger partial charge in [-0.2, -0.15) is 0 Å². The molecule has 1 aromatic carbocycles. The van der Waals surface area contributed by atoms with Gasteiger partial charge in [-0.05, 0) is 26.0 Å². The summed E-state index contributed by atoms with van der Waals surface area (Å²) in [6.07, 6.45) is 0. The molecule has 0 spiro atoms. The van der Waals surface area contributed by atoms with Crippen LogP contribution in [0.1, 0.15) is 17.0 Å². The number of aromatic nitrogens is 4. The largest absolute Gasteiger partial charge is 0.361 e. The van der Waals surface area contributed by atoms with Crippen LogP contribution in [0.25, 0.3) is 11.0 Å². The molecule has 0 aliphatic heterocycles. The molecule has 0 saturated heterocycles. The highest BCUT2D eigenvalue weighted by Crippen LogP contribution is 2.14. The van der Waals surface area contributed by atoms with E-state index in [0.717, 1.165) is 28.1 Å². The second kappa shape index (κ2) is 4.64. The van der Waals surface area contributed by atoms with Crippen LogP contribution in [0.2, 0.25) is 0 Å². The SMILES string of the molecule is Cc1noc(C)c1CNc1nnc2ccccc2n1. The Morgan fingerprint density at radius 3 is 2.63 bits per heavy atom. The Hall–Kier alpha value is -2.50. The molecule has 0 unspecified atom stereocenters. The third kappa shape index (κ3) is 2.24. The third-order valence-corrected chi connectivity index (χ3v) is 2.97. The van der Waals surface area contributed by atoms with E-state index in [1.165, 1.54) is 0 Å². The van der Waals surface area contributed by atoms with Crippen molar-refractivity contribution in [3.05, 3.63) is 41.3 Å². The average molecular weight is 255 g/mol. The molecule has 3 rings (SSSR count). The standard InChI is InChI=1S/C13H13N5O/c1-8-10(9(2)19-18-8)7-14-13-15-11-5-3-4-6-12(11)16-17-13/h3-6H,7H2,1-2H3,(H,14,15,17). The van der Waals surface area contributed by atoms with Gasteiger partial charge < -0.3 is 9.84 Å². The van der Waals surface area contributed by atoms with E-state index in [9.17, 15) is 0 Å². The topological polar surface area (TPSA) is 76.7 Å². The molecular weight excluding hydrogens is 242 g/mol. The lowest BCUT2D eigenvalue weighted by atomic mass is 10.2. The molecule has 2 heterocycles. The summed E-state index contributed by atoms with van der Waals surface area (Å²) < 4.78 is 5.11. The van der Waals surface area contributed by atoms with Crippen molar-refractivity contribution in [3.63, 3.8) is 0 Å². The van der Waals surface area contributed by atoms with E-state index >= 15 is 0 Å². The van der Waals surface area contributed by atoms with Crippen LogP contribution in [0.15, 0.2) is 28.8 Å². The van der Waals surface area contributed by atoms with Crippen LogP contribution in [0, 0.1) is 13.8 Å². The predicted molar refractivity (Wildman–Crippen MR) is 70.6 cm³/mol. The van der Waals surface area contributed by atoms with Crippen molar-refractivity contribution in [2.45, 2.75) is 20.4 Å². The Morgan fingerprint density at radius 1 is 1.11 bits per heavy atom. The highest BCUT2D eigenvalue weighted by molar-refractivity contribution is 5.74. The smallest absolute Gasteiger partial charge is 0.243 e. The molecule has 0 aliphatic rings. The fourth-order valence-electron chi connectivity index (χ4n) is 1.88. The highest BCUT2D eigenvalue weighted by Gasteiger charge is 2.09. The number of fused-ring (bicyclic) bond motifs is 1. The van der Waals surface area contributed by atoms with Gasteiger partial charge in [0.2, 0.25) is 5.95 Å². The lowest BCUT2D eigenvalue weighted by Crippen LogP contribution is -2.06. The summed E-state index contributed by atoms with van der Waals surface area (Å²) in [6.45, 7) is 4.37. The first-order chi connectivity index (χ1) is 9.24. The van der Waals surface area contributed by atoms with Gasteiger partial charge in [0, 0.05) is 12.1 Å². The van der Waals surface area contributed by atoms with Gasteiger partial charge in [0.05, 0.1) is 11.2 Å². The zero-order valence-electron chi connectivity index (χ0n) is 10.7. The molecule has 0 radical (unpaired) electrons. The number of aryl methyl sites for hydroxylation is 2. The fourth-order valence-corrected chi connectivity index (χ4v) is 1.88. The monoisotopic (exact) mass is 255 g/mol.